The molecule has 12 heteroatoms. The highest BCUT2D eigenvalue weighted by Crippen LogP contribution is 2.28. The summed E-state index contributed by atoms with van der Waals surface area (Å²) in [5.74, 6) is 2.00. The first kappa shape index (κ1) is 33.2. The largest absolute Gasteiger partial charge is 0.325 e. The minimum Gasteiger partial charge on any atom is -0.318 e. The Balaban J connectivity index is 1.66. The van der Waals surface area contributed by atoms with Gasteiger partial charge in [-0.25, -0.2) is 9.59 Å². The standard InChI is InChI=1S/C26H46N4O4S4/c1-7-27-19-21(35)29(23(27)31)13-9-25(3,4)11-15-37(33)17-18-38(34)16-12-26(5,6)10-14-30-22(36)20-28(8-2)24(30)32/h7-20H2,1-6H3. The number of urea groups is 2. The van der Waals surface area contributed by atoms with Crippen LogP contribution in [0.5, 0.6) is 0 Å². The van der Waals surface area contributed by atoms with Gasteiger partial charge in [0.2, 0.25) is 0 Å². The number of thiocarbonyl (C=S) groups is 2. The predicted molar refractivity (Wildman–Crippen MR) is 166 cm³/mol. The fourth-order valence-corrected chi connectivity index (χ4v) is 8.48. The molecule has 0 radical (unpaired) electrons. The Morgan fingerprint density at radius 3 is 1.29 bits per heavy atom. The highest BCUT2D eigenvalue weighted by Gasteiger charge is 2.34. The van der Waals surface area contributed by atoms with Crippen molar-refractivity contribution in [1.29, 1.82) is 0 Å². The molecular weight excluding hydrogens is 561 g/mol. The first-order chi connectivity index (χ1) is 17.7. The third-order valence-corrected chi connectivity index (χ3v) is 11.2. The van der Waals surface area contributed by atoms with Crippen molar-refractivity contribution >= 4 is 68.1 Å². The van der Waals surface area contributed by atoms with Gasteiger partial charge in [-0.2, -0.15) is 0 Å². The zero-order valence-corrected chi connectivity index (χ0v) is 27.2. The van der Waals surface area contributed by atoms with Crippen LogP contribution in [0.3, 0.4) is 0 Å². The summed E-state index contributed by atoms with van der Waals surface area (Å²) in [6.45, 7) is 16.0. The van der Waals surface area contributed by atoms with Crippen LogP contribution in [0.2, 0.25) is 0 Å². The molecule has 0 spiro atoms. The van der Waals surface area contributed by atoms with E-state index < -0.39 is 21.6 Å². The molecule has 218 valence electrons. The van der Waals surface area contributed by atoms with Gasteiger partial charge in [-0.15, -0.1) is 0 Å². The van der Waals surface area contributed by atoms with E-state index in [0.717, 1.165) is 25.7 Å². The maximum atomic E-state index is 12.6. The smallest absolute Gasteiger partial charge is 0.318 e. The summed E-state index contributed by atoms with van der Waals surface area (Å²) in [6, 6.07) is -0.0302. The molecule has 0 aromatic rings. The van der Waals surface area contributed by atoms with Crippen LogP contribution in [0, 0.1) is 10.8 Å². The molecule has 2 heterocycles. The summed E-state index contributed by atoms with van der Waals surface area (Å²) >= 11 is 10.8. The van der Waals surface area contributed by atoms with Crippen molar-refractivity contribution in [3.8, 4) is 0 Å². The molecule has 2 fully saturated rings. The van der Waals surface area contributed by atoms with Gasteiger partial charge < -0.3 is 9.80 Å². The van der Waals surface area contributed by atoms with E-state index in [4.69, 9.17) is 24.4 Å². The van der Waals surface area contributed by atoms with Crippen molar-refractivity contribution in [2.75, 3.05) is 62.3 Å². The monoisotopic (exact) mass is 606 g/mol. The van der Waals surface area contributed by atoms with Gasteiger partial charge in [-0.05, 0) is 50.4 Å². The molecule has 2 rings (SSSR count). The molecular formula is C26H46N4O4S4. The average Bonchev–Trinajstić information content (AvgIpc) is 3.30. The fraction of sp³-hybridized carbons (Fsp3) is 0.846. The second-order valence-electron chi connectivity index (χ2n) is 11.7. The van der Waals surface area contributed by atoms with E-state index in [1.54, 1.807) is 19.6 Å². The van der Waals surface area contributed by atoms with E-state index in [1.165, 1.54) is 0 Å². The van der Waals surface area contributed by atoms with Gasteiger partial charge in [0.25, 0.3) is 0 Å². The lowest BCUT2D eigenvalue weighted by Crippen LogP contribution is -2.35. The van der Waals surface area contributed by atoms with Gasteiger partial charge in [-0.1, -0.05) is 52.1 Å². The van der Waals surface area contributed by atoms with E-state index in [-0.39, 0.29) is 22.9 Å². The molecule has 2 unspecified atom stereocenters. The van der Waals surface area contributed by atoms with Crippen molar-refractivity contribution in [3.63, 3.8) is 0 Å². The Labute approximate surface area is 245 Å². The maximum absolute atomic E-state index is 12.6. The number of amides is 4. The van der Waals surface area contributed by atoms with Crippen LogP contribution in [0.15, 0.2) is 0 Å². The molecule has 0 aromatic heterocycles. The molecule has 38 heavy (non-hydrogen) atoms. The Morgan fingerprint density at radius 1 is 0.658 bits per heavy atom. The predicted octanol–water partition coefficient (Wildman–Crippen LogP) is 4.27. The van der Waals surface area contributed by atoms with Crippen LogP contribution in [0.4, 0.5) is 9.59 Å². The maximum Gasteiger partial charge on any atom is 0.325 e. The molecule has 8 nitrogen and oxygen atoms in total. The molecule has 2 atom stereocenters. The van der Waals surface area contributed by atoms with Crippen LogP contribution in [0.25, 0.3) is 0 Å². The molecule has 2 saturated heterocycles. The number of hydrogen-bond acceptors (Lipinski definition) is 6. The highest BCUT2D eigenvalue weighted by molar-refractivity contribution is 7.88. The zero-order valence-electron chi connectivity index (χ0n) is 24.0. The lowest BCUT2D eigenvalue weighted by Gasteiger charge is -2.27. The summed E-state index contributed by atoms with van der Waals surface area (Å²) in [5, 5.41) is 0. The molecule has 0 N–H and O–H groups in total. The first-order valence-corrected chi connectivity index (χ1v) is 17.4. The van der Waals surface area contributed by atoms with E-state index >= 15 is 0 Å². The van der Waals surface area contributed by atoms with Gasteiger partial charge in [0.15, 0.2) is 0 Å². The van der Waals surface area contributed by atoms with Crippen LogP contribution in [-0.2, 0) is 21.6 Å². The summed E-state index contributed by atoms with van der Waals surface area (Å²) in [7, 11) is -2.05. The van der Waals surface area contributed by atoms with Crippen molar-refractivity contribution in [2.24, 2.45) is 10.8 Å². The SMILES string of the molecule is CCN1CC(=S)N(CCC(C)(C)CCS(=O)CCS(=O)CCC(C)(C)CCN2C(=O)N(CC)CC2=S)C1=O. The molecule has 4 amide bonds. The minimum atomic E-state index is -1.03. The first-order valence-electron chi connectivity index (χ1n) is 13.6. The Hall–Kier alpha value is -0.980. The Morgan fingerprint density at radius 2 is 1.00 bits per heavy atom. The second kappa shape index (κ2) is 14.6. The van der Waals surface area contributed by atoms with Crippen molar-refractivity contribution in [2.45, 2.75) is 67.2 Å². The molecule has 0 aromatic carbocycles. The summed E-state index contributed by atoms with van der Waals surface area (Å²) in [5.41, 5.74) is -0.136. The lowest BCUT2D eigenvalue weighted by molar-refractivity contribution is 0.191. The normalized spacial score (nSPS) is 18.8. The molecule has 0 bridgehead atoms. The molecule has 2 aliphatic heterocycles. The topological polar surface area (TPSA) is 81.2 Å². The average molecular weight is 607 g/mol. The third kappa shape index (κ3) is 9.89. The number of rotatable bonds is 17. The van der Waals surface area contributed by atoms with Gasteiger partial charge in [0, 0.05) is 70.8 Å². The molecule has 0 saturated carbocycles. The zero-order chi connectivity index (χ0) is 28.7. The third-order valence-electron chi connectivity index (χ3n) is 7.60. The van der Waals surface area contributed by atoms with Crippen molar-refractivity contribution < 1.29 is 18.0 Å². The summed E-state index contributed by atoms with van der Waals surface area (Å²) < 4.78 is 25.3. The minimum absolute atomic E-state index is 0.0151. The van der Waals surface area contributed by atoms with Gasteiger partial charge in [0.05, 0.1) is 13.1 Å². The number of hydrogen-bond donors (Lipinski definition) is 0. The quantitative estimate of drug-likeness (QED) is 0.230. The summed E-state index contributed by atoms with van der Waals surface area (Å²) in [4.78, 5) is 33.0. The van der Waals surface area contributed by atoms with Crippen LogP contribution >= 0.6 is 24.4 Å². The van der Waals surface area contributed by atoms with Gasteiger partial charge >= 0.3 is 12.1 Å². The fourth-order valence-electron chi connectivity index (χ4n) is 4.37. The molecule has 0 aliphatic carbocycles. The molecule has 2 aliphatic rings. The van der Waals surface area contributed by atoms with Crippen LogP contribution in [-0.4, -0.2) is 112 Å². The van der Waals surface area contributed by atoms with E-state index in [2.05, 4.69) is 27.7 Å². The van der Waals surface area contributed by atoms with E-state index in [0.29, 0.717) is 72.3 Å². The van der Waals surface area contributed by atoms with E-state index in [9.17, 15) is 18.0 Å². The Kier molecular flexibility index (Phi) is 12.8. The number of carbonyl (C=O) groups is 2. The summed E-state index contributed by atoms with van der Waals surface area (Å²) in [6.07, 6.45) is 3.13. The highest BCUT2D eigenvalue weighted by atomic mass is 32.2. The van der Waals surface area contributed by atoms with Gasteiger partial charge in [-0.3, -0.25) is 18.2 Å². The van der Waals surface area contributed by atoms with Crippen molar-refractivity contribution in [3.05, 3.63) is 0 Å². The Bertz CT molecular complexity index is 866. The van der Waals surface area contributed by atoms with Crippen LogP contribution < -0.4 is 0 Å². The number of likely N-dealkylation sites (N-methyl/N-ethyl adjacent to an activating group) is 2. The second-order valence-corrected chi connectivity index (χ2v) is 16.0. The number of nitrogens with zero attached hydrogens (tertiary/aromatic N) is 4. The van der Waals surface area contributed by atoms with Gasteiger partial charge in [0.1, 0.15) is 9.98 Å². The number of carbonyl (C=O) groups excluding carboxylic acids is 2. The van der Waals surface area contributed by atoms with Crippen molar-refractivity contribution in [1.82, 2.24) is 19.6 Å². The van der Waals surface area contributed by atoms with E-state index in [1.807, 2.05) is 13.8 Å². The van der Waals surface area contributed by atoms with Crippen LogP contribution in [0.1, 0.15) is 67.2 Å². The lowest BCUT2D eigenvalue weighted by atomic mass is 9.86.